The Balaban J connectivity index is 3.23. The first kappa shape index (κ1) is 9.70. The van der Waals surface area contributed by atoms with Crippen molar-refractivity contribution >= 4 is 5.95 Å². The van der Waals surface area contributed by atoms with Crippen LogP contribution in [-0.4, -0.2) is 15.0 Å². The van der Waals surface area contributed by atoms with E-state index in [2.05, 4.69) is 15.0 Å². The van der Waals surface area contributed by atoms with Crippen LogP contribution in [0.4, 0.5) is 5.95 Å². The predicted molar refractivity (Wildman–Crippen MR) is 50.4 cm³/mol. The molecular formula is C8H14N4O. The quantitative estimate of drug-likeness (QED) is 0.694. The Morgan fingerprint density at radius 1 is 1.46 bits per heavy atom. The minimum absolute atomic E-state index is 0.0280. The number of H-pyrrole nitrogens is 1. The van der Waals surface area contributed by atoms with Crippen LogP contribution in [-0.2, 0) is 5.41 Å². The van der Waals surface area contributed by atoms with E-state index < -0.39 is 5.69 Å². The van der Waals surface area contributed by atoms with Crippen molar-refractivity contribution in [3.8, 4) is 0 Å². The number of nitrogens with zero attached hydrogens (tertiary/aromatic N) is 2. The highest BCUT2D eigenvalue weighted by molar-refractivity contribution is 5.16. The van der Waals surface area contributed by atoms with Crippen LogP contribution in [0.2, 0.25) is 0 Å². The van der Waals surface area contributed by atoms with Gasteiger partial charge in [-0.05, 0) is 6.42 Å². The smallest absolute Gasteiger partial charge is 0.349 e. The van der Waals surface area contributed by atoms with Gasteiger partial charge in [0.1, 0.15) is 5.82 Å². The summed E-state index contributed by atoms with van der Waals surface area (Å²) in [6.45, 7) is 6.01. The number of aromatic nitrogens is 3. The molecule has 3 N–H and O–H groups in total. The zero-order chi connectivity index (χ0) is 10.1. The highest BCUT2D eigenvalue weighted by atomic mass is 16.1. The fraction of sp³-hybridized carbons (Fsp3) is 0.625. The first-order valence-corrected chi connectivity index (χ1v) is 4.20. The molecule has 0 aliphatic rings. The van der Waals surface area contributed by atoms with Crippen molar-refractivity contribution in [2.24, 2.45) is 0 Å². The molecule has 0 fully saturated rings. The number of hydrogen-bond acceptors (Lipinski definition) is 4. The summed E-state index contributed by atoms with van der Waals surface area (Å²) in [6.07, 6.45) is 0.874. The Hall–Kier alpha value is -1.39. The first-order valence-electron chi connectivity index (χ1n) is 4.20. The van der Waals surface area contributed by atoms with E-state index >= 15 is 0 Å². The maximum atomic E-state index is 11.0. The zero-order valence-electron chi connectivity index (χ0n) is 8.09. The lowest BCUT2D eigenvalue weighted by molar-refractivity contribution is 0.469. The Morgan fingerprint density at radius 3 is 2.54 bits per heavy atom. The summed E-state index contributed by atoms with van der Waals surface area (Å²) in [5, 5.41) is 0. The molecule has 0 saturated heterocycles. The lowest BCUT2D eigenvalue weighted by Gasteiger charge is -2.20. The molecule has 0 bridgehead atoms. The molecule has 5 heteroatoms. The van der Waals surface area contributed by atoms with Crippen LogP contribution >= 0.6 is 0 Å². The molecule has 0 spiro atoms. The summed E-state index contributed by atoms with van der Waals surface area (Å²) in [4.78, 5) is 21.0. The molecule has 0 amide bonds. The highest BCUT2D eigenvalue weighted by Gasteiger charge is 2.21. The summed E-state index contributed by atoms with van der Waals surface area (Å²) in [5.74, 6) is 0.618. The van der Waals surface area contributed by atoms with E-state index in [0.717, 1.165) is 6.42 Å². The van der Waals surface area contributed by atoms with Crippen molar-refractivity contribution in [2.45, 2.75) is 32.6 Å². The second-order valence-corrected chi connectivity index (χ2v) is 3.60. The number of rotatable bonds is 2. The molecule has 1 aromatic rings. The topological polar surface area (TPSA) is 84.7 Å². The van der Waals surface area contributed by atoms with Gasteiger partial charge in [0.05, 0.1) is 0 Å². The molecule has 1 aromatic heterocycles. The molecule has 13 heavy (non-hydrogen) atoms. The van der Waals surface area contributed by atoms with E-state index in [1.165, 1.54) is 0 Å². The van der Waals surface area contributed by atoms with Gasteiger partial charge in [-0.25, -0.2) is 4.79 Å². The minimum Gasteiger partial charge on any atom is -0.368 e. The standard InChI is InChI=1S/C8H14N4O/c1-4-8(2,3)5-10-6(9)12-7(13)11-5/h4H2,1-3H3,(H3,9,10,11,12,13). The number of nitrogens with one attached hydrogen (secondary N) is 1. The molecule has 0 aromatic carbocycles. The van der Waals surface area contributed by atoms with E-state index in [9.17, 15) is 4.79 Å². The van der Waals surface area contributed by atoms with Crippen LogP contribution in [0.5, 0.6) is 0 Å². The van der Waals surface area contributed by atoms with Gasteiger partial charge in [-0.2, -0.15) is 9.97 Å². The Kier molecular flexibility index (Phi) is 2.36. The second-order valence-electron chi connectivity index (χ2n) is 3.60. The van der Waals surface area contributed by atoms with Gasteiger partial charge in [0, 0.05) is 5.41 Å². The maximum Gasteiger partial charge on any atom is 0.349 e. The van der Waals surface area contributed by atoms with Crippen molar-refractivity contribution in [1.82, 2.24) is 15.0 Å². The molecule has 0 unspecified atom stereocenters. The molecule has 0 saturated carbocycles. The van der Waals surface area contributed by atoms with E-state index in [1.807, 2.05) is 20.8 Å². The molecule has 72 valence electrons. The van der Waals surface area contributed by atoms with Gasteiger partial charge in [0.25, 0.3) is 0 Å². The number of hydrogen-bond donors (Lipinski definition) is 2. The van der Waals surface area contributed by atoms with Crippen molar-refractivity contribution < 1.29 is 0 Å². The third kappa shape index (κ3) is 2.05. The van der Waals surface area contributed by atoms with Crippen molar-refractivity contribution in [1.29, 1.82) is 0 Å². The van der Waals surface area contributed by atoms with Crippen LogP contribution in [0.3, 0.4) is 0 Å². The number of anilines is 1. The fourth-order valence-electron chi connectivity index (χ4n) is 0.889. The van der Waals surface area contributed by atoms with Gasteiger partial charge in [-0.3, -0.25) is 4.98 Å². The Labute approximate surface area is 76.4 Å². The molecule has 0 aliphatic heterocycles. The third-order valence-electron chi connectivity index (χ3n) is 2.19. The average molecular weight is 182 g/mol. The van der Waals surface area contributed by atoms with Gasteiger partial charge >= 0.3 is 5.69 Å². The molecule has 0 aliphatic carbocycles. The Morgan fingerprint density at radius 2 is 2.08 bits per heavy atom. The second kappa shape index (κ2) is 3.16. The van der Waals surface area contributed by atoms with E-state index in [0.29, 0.717) is 5.82 Å². The van der Waals surface area contributed by atoms with Gasteiger partial charge in [0.15, 0.2) is 0 Å². The van der Waals surface area contributed by atoms with Crippen molar-refractivity contribution in [2.75, 3.05) is 5.73 Å². The monoisotopic (exact) mass is 182 g/mol. The van der Waals surface area contributed by atoms with Gasteiger partial charge in [-0.15, -0.1) is 0 Å². The SMILES string of the molecule is CCC(C)(C)c1nc(N)nc(=O)[nH]1. The van der Waals surface area contributed by atoms with Gasteiger partial charge in [-0.1, -0.05) is 20.8 Å². The lowest BCUT2D eigenvalue weighted by Crippen LogP contribution is -2.26. The highest BCUT2D eigenvalue weighted by Crippen LogP contribution is 2.21. The van der Waals surface area contributed by atoms with E-state index in [4.69, 9.17) is 5.73 Å². The normalized spacial score (nSPS) is 11.6. The van der Waals surface area contributed by atoms with Crippen LogP contribution < -0.4 is 11.4 Å². The van der Waals surface area contributed by atoms with Crippen molar-refractivity contribution in [3.05, 3.63) is 16.3 Å². The first-order chi connectivity index (χ1) is 5.95. The summed E-state index contributed by atoms with van der Waals surface area (Å²) < 4.78 is 0. The number of nitrogens with two attached hydrogens (primary N) is 1. The molecule has 0 radical (unpaired) electrons. The molecular weight excluding hydrogens is 168 g/mol. The summed E-state index contributed by atoms with van der Waals surface area (Å²) >= 11 is 0. The third-order valence-corrected chi connectivity index (χ3v) is 2.19. The molecule has 1 heterocycles. The molecule has 1 rings (SSSR count). The van der Waals surface area contributed by atoms with E-state index in [1.54, 1.807) is 0 Å². The average Bonchev–Trinajstić information content (AvgIpc) is 2.02. The maximum absolute atomic E-state index is 11.0. The fourth-order valence-corrected chi connectivity index (χ4v) is 0.889. The molecule has 5 nitrogen and oxygen atoms in total. The van der Waals surface area contributed by atoms with Gasteiger partial charge in [0.2, 0.25) is 5.95 Å². The van der Waals surface area contributed by atoms with Crippen molar-refractivity contribution in [3.63, 3.8) is 0 Å². The van der Waals surface area contributed by atoms with Gasteiger partial charge < -0.3 is 5.73 Å². The zero-order valence-corrected chi connectivity index (χ0v) is 8.09. The molecule has 0 atom stereocenters. The lowest BCUT2D eigenvalue weighted by atomic mass is 9.89. The minimum atomic E-state index is -0.441. The predicted octanol–water partition coefficient (Wildman–Crippen LogP) is 0.435. The van der Waals surface area contributed by atoms with Crippen LogP contribution in [0, 0.1) is 0 Å². The van der Waals surface area contributed by atoms with Crippen LogP contribution in [0.25, 0.3) is 0 Å². The number of nitrogen functional groups attached to an aromatic ring is 1. The van der Waals surface area contributed by atoms with Crippen LogP contribution in [0.15, 0.2) is 4.79 Å². The number of aromatic amines is 1. The Bertz CT molecular complexity index is 355. The van der Waals surface area contributed by atoms with Crippen LogP contribution in [0.1, 0.15) is 33.0 Å². The summed E-state index contributed by atoms with van der Waals surface area (Å²) in [6, 6.07) is 0. The van der Waals surface area contributed by atoms with E-state index in [-0.39, 0.29) is 11.4 Å². The summed E-state index contributed by atoms with van der Waals surface area (Å²) in [7, 11) is 0. The largest absolute Gasteiger partial charge is 0.368 e. The summed E-state index contributed by atoms with van der Waals surface area (Å²) in [5.41, 5.74) is 4.76.